The van der Waals surface area contributed by atoms with Gasteiger partial charge in [-0.1, -0.05) is 12.1 Å². The fourth-order valence-electron chi connectivity index (χ4n) is 2.52. The fourth-order valence-corrected chi connectivity index (χ4v) is 3.40. The Morgan fingerprint density at radius 2 is 1.79 bits per heavy atom. The minimum Gasteiger partial charge on any atom is -0.353 e. The summed E-state index contributed by atoms with van der Waals surface area (Å²) < 4.78 is 0. The van der Waals surface area contributed by atoms with Gasteiger partial charge in [0.15, 0.2) is 6.29 Å². The Kier molecular flexibility index (Phi) is 2.79. The second-order valence-electron chi connectivity index (χ2n) is 4.89. The van der Waals surface area contributed by atoms with E-state index >= 15 is 0 Å². The molecule has 2 aromatic heterocycles. The van der Waals surface area contributed by atoms with Gasteiger partial charge in [0.2, 0.25) is 0 Å². The SMILES string of the molecule is Cc1ccc(-c2[nH]c3c(C)ccc(C)c3c2C=O)s1. The Morgan fingerprint density at radius 1 is 1.05 bits per heavy atom. The quantitative estimate of drug-likeness (QED) is 0.676. The van der Waals surface area contributed by atoms with E-state index in [0.29, 0.717) is 0 Å². The Balaban J connectivity index is 2.40. The number of rotatable bonds is 2. The molecule has 0 aliphatic heterocycles. The van der Waals surface area contributed by atoms with E-state index in [1.807, 2.05) is 6.92 Å². The van der Waals surface area contributed by atoms with E-state index < -0.39 is 0 Å². The molecule has 3 rings (SSSR count). The molecule has 0 bridgehead atoms. The van der Waals surface area contributed by atoms with E-state index in [1.165, 1.54) is 10.4 Å². The summed E-state index contributed by atoms with van der Waals surface area (Å²) in [5.74, 6) is 0. The number of carbonyl (C=O) groups is 1. The first kappa shape index (κ1) is 12.2. The van der Waals surface area contributed by atoms with Crippen LogP contribution in [0.2, 0.25) is 0 Å². The number of fused-ring (bicyclic) bond motifs is 1. The van der Waals surface area contributed by atoms with Crippen LogP contribution in [0.5, 0.6) is 0 Å². The molecular formula is C16H15NOS. The summed E-state index contributed by atoms with van der Waals surface area (Å²) in [5, 5.41) is 1.05. The highest BCUT2D eigenvalue weighted by atomic mass is 32.1. The summed E-state index contributed by atoms with van der Waals surface area (Å²) in [6, 6.07) is 8.32. The molecule has 0 spiro atoms. The van der Waals surface area contributed by atoms with Gasteiger partial charge in [-0.3, -0.25) is 4.79 Å². The Morgan fingerprint density at radius 3 is 2.42 bits per heavy atom. The van der Waals surface area contributed by atoms with Crippen LogP contribution in [-0.2, 0) is 0 Å². The molecule has 1 N–H and O–H groups in total. The van der Waals surface area contributed by atoms with Gasteiger partial charge in [-0.25, -0.2) is 0 Å². The van der Waals surface area contributed by atoms with E-state index in [2.05, 4.69) is 43.1 Å². The van der Waals surface area contributed by atoms with Crippen LogP contribution in [0.25, 0.3) is 21.5 Å². The smallest absolute Gasteiger partial charge is 0.152 e. The molecule has 0 saturated heterocycles. The average Bonchev–Trinajstić information content (AvgIpc) is 2.97. The van der Waals surface area contributed by atoms with Gasteiger partial charge >= 0.3 is 0 Å². The molecule has 0 radical (unpaired) electrons. The molecule has 0 unspecified atom stereocenters. The number of H-pyrrole nitrogens is 1. The molecule has 0 saturated carbocycles. The van der Waals surface area contributed by atoms with E-state index in [0.717, 1.165) is 38.9 Å². The van der Waals surface area contributed by atoms with Gasteiger partial charge in [0, 0.05) is 21.3 Å². The third-order valence-corrected chi connectivity index (χ3v) is 4.53. The highest BCUT2D eigenvalue weighted by Gasteiger charge is 2.16. The number of aldehydes is 1. The van der Waals surface area contributed by atoms with Gasteiger partial charge in [-0.05, 0) is 44.0 Å². The van der Waals surface area contributed by atoms with Gasteiger partial charge < -0.3 is 4.98 Å². The number of thiophene rings is 1. The zero-order valence-electron chi connectivity index (χ0n) is 11.2. The number of aromatic amines is 1. The summed E-state index contributed by atoms with van der Waals surface area (Å²) >= 11 is 1.71. The molecule has 0 aliphatic carbocycles. The molecule has 0 aliphatic rings. The predicted molar refractivity (Wildman–Crippen MR) is 81.2 cm³/mol. The second kappa shape index (κ2) is 4.35. The minimum atomic E-state index is 0.776. The lowest BCUT2D eigenvalue weighted by atomic mass is 10.0. The molecule has 2 nitrogen and oxygen atoms in total. The van der Waals surface area contributed by atoms with Crippen LogP contribution in [0.3, 0.4) is 0 Å². The van der Waals surface area contributed by atoms with Gasteiger partial charge in [0.1, 0.15) is 0 Å². The normalized spacial score (nSPS) is 11.1. The van der Waals surface area contributed by atoms with Crippen molar-refractivity contribution in [3.8, 4) is 10.6 Å². The van der Waals surface area contributed by atoms with Crippen molar-refractivity contribution in [3.05, 3.63) is 45.8 Å². The summed E-state index contributed by atoms with van der Waals surface area (Å²) in [5.41, 5.74) is 5.10. The Labute approximate surface area is 116 Å². The molecule has 96 valence electrons. The zero-order chi connectivity index (χ0) is 13.6. The van der Waals surface area contributed by atoms with Crippen LogP contribution in [0.4, 0.5) is 0 Å². The zero-order valence-corrected chi connectivity index (χ0v) is 12.0. The summed E-state index contributed by atoms with van der Waals surface area (Å²) in [6.45, 7) is 6.19. The standard InChI is InChI=1S/C16H15NOS/c1-9-4-5-10(2)15-14(9)12(8-18)16(17-15)13-7-6-11(3)19-13/h4-8,17H,1-3H3. The van der Waals surface area contributed by atoms with Crippen molar-refractivity contribution in [2.45, 2.75) is 20.8 Å². The molecular weight excluding hydrogens is 254 g/mol. The lowest BCUT2D eigenvalue weighted by Crippen LogP contribution is -1.84. The van der Waals surface area contributed by atoms with Crippen molar-refractivity contribution in [1.82, 2.24) is 4.98 Å². The highest BCUT2D eigenvalue weighted by molar-refractivity contribution is 7.15. The van der Waals surface area contributed by atoms with Crippen LogP contribution in [0, 0.1) is 20.8 Å². The Bertz CT molecular complexity index is 779. The van der Waals surface area contributed by atoms with Crippen LogP contribution < -0.4 is 0 Å². The second-order valence-corrected chi connectivity index (χ2v) is 6.18. The van der Waals surface area contributed by atoms with Crippen molar-refractivity contribution >= 4 is 28.5 Å². The van der Waals surface area contributed by atoms with Crippen LogP contribution in [-0.4, -0.2) is 11.3 Å². The number of hydrogen-bond acceptors (Lipinski definition) is 2. The first-order valence-corrected chi connectivity index (χ1v) is 7.07. The minimum absolute atomic E-state index is 0.776. The van der Waals surface area contributed by atoms with Gasteiger partial charge in [0.25, 0.3) is 0 Å². The lowest BCUT2D eigenvalue weighted by molar-refractivity contribution is 0.112. The maximum absolute atomic E-state index is 11.5. The molecule has 0 atom stereocenters. The van der Waals surface area contributed by atoms with Crippen LogP contribution in [0.15, 0.2) is 24.3 Å². The van der Waals surface area contributed by atoms with Crippen molar-refractivity contribution in [2.75, 3.05) is 0 Å². The molecule has 2 heterocycles. The third-order valence-electron chi connectivity index (χ3n) is 3.52. The van der Waals surface area contributed by atoms with E-state index in [-0.39, 0.29) is 0 Å². The number of carbonyl (C=O) groups excluding carboxylic acids is 1. The lowest BCUT2D eigenvalue weighted by Gasteiger charge is -1.99. The van der Waals surface area contributed by atoms with Gasteiger partial charge in [-0.2, -0.15) is 0 Å². The van der Waals surface area contributed by atoms with Crippen molar-refractivity contribution in [2.24, 2.45) is 0 Å². The molecule has 0 amide bonds. The summed E-state index contributed by atoms with van der Waals surface area (Å²) in [7, 11) is 0. The van der Waals surface area contributed by atoms with Crippen LogP contribution >= 0.6 is 11.3 Å². The monoisotopic (exact) mass is 269 g/mol. The molecule has 0 fully saturated rings. The number of aromatic nitrogens is 1. The van der Waals surface area contributed by atoms with Gasteiger partial charge in [-0.15, -0.1) is 11.3 Å². The number of nitrogens with one attached hydrogen (secondary N) is 1. The third kappa shape index (κ3) is 1.81. The van der Waals surface area contributed by atoms with Crippen molar-refractivity contribution in [3.63, 3.8) is 0 Å². The number of hydrogen-bond donors (Lipinski definition) is 1. The number of benzene rings is 1. The van der Waals surface area contributed by atoms with E-state index in [1.54, 1.807) is 11.3 Å². The largest absolute Gasteiger partial charge is 0.353 e. The number of aryl methyl sites for hydroxylation is 3. The molecule has 1 aromatic carbocycles. The van der Waals surface area contributed by atoms with Crippen molar-refractivity contribution < 1.29 is 4.79 Å². The van der Waals surface area contributed by atoms with E-state index in [9.17, 15) is 4.79 Å². The Hall–Kier alpha value is -1.87. The first-order valence-electron chi connectivity index (χ1n) is 6.25. The topological polar surface area (TPSA) is 32.9 Å². The summed E-state index contributed by atoms with van der Waals surface area (Å²) in [6.07, 6.45) is 0.968. The maximum Gasteiger partial charge on any atom is 0.152 e. The van der Waals surface area contributed by atoms with Crippen LogP contribution in [0.1, 0.15) is 26.4 Å². The first-order chi connectivity index (χ1) is 9.11. The molecule has 3 heteroatoms. The van der Waals surface area contributed by atoms with Crippen molar-refractivity contribution in [1.29, 1.82) is 0 Å². The van der Waals surface area contributed by atoms with E-state index in [4.69, 9.17) is 0 Å². The molecule has 3 aromatic rings. The predicted octanol–water partition coefficient (Wildman–Crippen LogP) is 4.63. The summed E-state index contributed by atoms with van der Waals surface area (Å²) in [4.78, 5) is 17.3. The van der Waals surface area contributed by atoms with Gasteiger partial charge in [0.05, 0.1) is 10.6 Å². The maximum atomic E-state index is 11.5. The average molecular weight is 269 g/mol. The highest BCUT2D eigenvalue weighted by Crippen LogP contribution is 2.35. The molecule has 19 heavy (non-hydrogen) atoms. The fraction of sp³-hybridized carbons (Fsp3) is 0.188.